The predicted molar refractivity (Wildman–Crippen MR) is 55.6 cm³/mol. The van der Waals surface area contributed by atoms with Crippen LogP contribution in [0.25, 0.3) is 0 Å². The van der Waals surface area contributed by atoms with Crippen LogP contribution in [0.3, 0.4) is 0 Å². The van der Waals surface area contributed by atoms with E-state index in [2.05, 4.69) is 15.4 Å². The number of aromatic nitrogens is 3. The molecule has 0 aliphatic heterocycles. The molecular formula is C10H12N4O2. The second kappa shape index (κ2) is 4.18. The van der Waals surface area contributed by atoms with Crippen molar-refractivity contribution in [2.75, 3.05) is 7.05 Å². The molecule has 2 heterocycles. The Hall–Kier alpha value is -2.11. The predicted octanol–water partition coefficient (Wildman–Crippen LogP) is 0.978. The summed E-state index contributed by atoms with van der Waals surface area (Å²) in [5.74, 6) is 0.457. The Labute approximate surface area is 92.2 Å². The maximum Gasteiger partial charge on any atom is 0.276 e. The van der Waals surface area contributed by atoms with E-state index in [9.17, 15) is 4.79 Å². The first kappa shape index (κ1) is 10.4. The summed E-state index contributed by atoms with van der Waals surface area (Å²) in [6.07, 6.45) is 3.43. The zero-order chi connectivity index (χ0) is 11.5. The van der Waals surface area contributed by atoms with Crippen molar-refractivity contribution in [2.24, 2.45) is 0 Å². The number of carbonyl (C=O) groups is 1. The highest BCUT2D eigenvalue weighted by molar-refractivity contribution is 5.91. The second-order valence-corrected chi connectivity index (χ2v) is 3.59. The molecule has 0 aliphatic carbocycles. The van der Waals surface area contributed by atoms with Gasteiger partial charge < -0.3 is 9.42 Å². The lowest BCUT2D eigenvalue weighted by Gasteiger charge is -2.13. The molecular weight excluding hydrogens is 208 g/mol. The third-order valence-electron chi connectivity index (χ3n) is 2.17. The summed E-state index contributed by atoms with van der Waals surface area (Å²) in [4.78, 5) is 13.4. The zero-order valence-electron chi connectivity index (χ0n) is 9.10. The average Bonchev–Trinajstić information content (AvgIpc) is 2.88. The Balaban J connectivity index is 2.05. The third-order valence-corrected chi connectivity index (χ3v) is 2.17. The minimum atomic E-state index is -0.168. The van der Waals surface area contributed by atoms with Gasteiger partial charge in [0, 0.05) is 31.4 Å². The lowest BCUT2D eigenvalue weighted by Crippen LogP contribution is -2.26. The zero-order valence-corrected chi connectivity index (χ0v) is 9.10. The van der Waals surface area contributed by atoms with E-state index in [0.29, 0.717) is 18.0 Å². The summed E-state index contributed by atoms with van der Waals surface area (Å²) in [5.41, 5.74) is 1.26. The smallest absolute Gasteiger partial charge is 0.276 e. The fourth-order valence-corrected chi connectivity index (χ4v) is 1.37. The maximum absolute atomic E-state index is 11.9. The number of nitrogens with zero attached hydrogens (tertiary/aromatic N) is 3. The SMILES string of the molecule is Cc1cc(C(=O)N(C)Cc2cn[nH]c2)no1. The van der Waals surface area contributed by atoms with E-state index in [1.807, 2.05) is 0 Å². The molecule has 2 rings (SSSR count). The highest BCUT2D eigenvalue weighted by Gasteiger charge is 2.16. The number of hydrogen-bond donors (Lipinski definition) is 1. The molecule has 0 fully saturated rings. The van der Waals surface area contributed by atoms with Crippen LogP contribution in [0.5, 0.6) is 0 Å². The maximum atomic E-state index is 11.9. The van der Waals surface area contributed by atoms with Crippen molar-refractivity contribution in [2.45, 2.75) is 13.5 Å². The Morgan fingerprint density at radius 3 is 3.00 bits per heavy atom. The van der Waals surface area contributed by atoms with Gasteiger partial charge in [-0.05, 0) is 6.92 Å². The molecule has 1 N–H and O–H groups in total. The van der Waals surface area contributed by atoms with Crippen LogP contribution in [-0.4, -0.2) is 33.2 Å². The Kier molecular flexibility index (Phi) is 2.72. The second-order valence-electron chi connectivity index (χ2n) is 3.59. The third kappa shape index (κ3) is 2.10. The van der Waals surface area contributed by atoms with Gasteiger partial charge in [0.25, 0.3) is 5.91 Å². The largest absolute Gasteiger partial charge is 0.361 e. The summed E-state index contributed by atoms with van der Waals surface area (Å²) in [7, 11) is 1.71. The van der Waals surface area contributed by atoms with Gasteiger partial charge in [-0.15, -0.1) is 0 Å². The normalized spacial score (nSPS) is 10.4. The van der Waals surface area contributed by atoms with Crippen LogP contribution in [0.15, 0.2) is 23.0 Å². The standard InChI is InChI=1S/C10H12N4O2/c1-7-3-9(13-16-7)10(15)14(2)6-8-4-11-12-5-8/h3-5H,6H2,1-2H3,(H,11,12). The molecule has 0 bridgehead atoms. The number of H-pyrrole nitrogens is 1. The molecule has 84 valence electrons. The van der Waals surface area contributed by atoms with Crippen LogP contribution in [0.4, 0.5) is 0 Å². The quantitative estimate of drug-likeness (QED) is 0.836. The average molecular weight is 220 g/mol. The van der Waals surface area contributed by atoms with Crippen molar-refractivity contribution in [1.29, 1.82) is 0 Å². The van der Waals surface area contributed by atoms with Gasteiger partial charge in [-0.25, -0.2) is 0 Å². The fraction of sp³-hybridized carbons (Fsp3) is 0.300. The minimum Gasteiger partial charge on any atom is -0.361 e. The van der Waals surface area contributed by atoms with Crippen LogP contribution in [0, 0.1) is 6.92 Å². The Bertz CT molecular complexity index is 475. The lowest BCUT2D eigenvalue weighted by molar-refractivity contribution is 0.0775. The van der Waals surface area contributed by atoms with Gasteiger partial charge in [0.2, 0.25) is 0 Å². The van der Waals surface area contributed by atoms with Crippen molar-refractivity contribution in [3.05, 3.63) is 35.5 Å². The molecule has 1 amide bonds. The van der Waals surface area contributed by atoms with Gasteiger partial charge in [0.05, 0.1) is 6.20 Å². The molecule has 0 saturated heterocycles. The first-order chi connectivity index (χ1) is 7.66. The van der Waals surface area contributed by atoms with Gasteiger partial charge in [0.1, 0.15) is 5.76 Å². The first-order valence-electron chi connectivity index (χ1n) is 4.83. The Morgan fingerprint density at radius 1 is 1.62 bits per heavy atom. The van der Waals surface area contributed by atoms with Crippen LogP contribution in [0.1, 0.15) is 21.8 Å². The number of aromatic amines is 1. The highest BCUT2D eigenvalue weighted by atomic mass is 16.5. The van der Waals surface area contributed by atoms with Gasteiger partial charge >= 0.3 is 0 Å². The molecule has 0 saturated carbocycles. The molecule has 0 aliphatic rings. The number of aryl methyl sites for hydroxylation is 1. The van der Waals surface area contributed by atoms with E-state index in [-0.39, 0.29) is 5.91 Å². The van der Waals surface area contributed by atoms with Gasteiger partial charge in [-0.2, -0.15) is 5.10 Å². The molecule has 6 heteroatoms. The minimum absolute atomic E-state index is 0.168. The van der Waals surface area contributed by atoms with E-state index >= 15 is 0 Å². The van der Waals surface area contributed by atoms with Crippen molar-refractivity contribution < 1.29 is 9.32 Å². The fourth-order valence-electron chi connectivity index (χ4n) is 1.37. The monoisotopic (exact) mass is 220 g/mol. The molecule has 2 aromatic rings. The summed E-state index contributed by atoms with van der Waals surface area (Å²) >= 11 is 0. The summed E-state index contributed by atoms with van der Waals surface area (Å²) < 4.78 is 4.85. The Morgan fingerprint density at radius 2 is 2.44 bits per heavy atom. The lowest BCUT2D eigenvalue weighted by atomic mass is 10.3. The molecule has 0 aromatic carbocycles. The van der Waals surface area contributed by atoms with E-state index in [4.69, 9.17) is 4.52 Å². The van der Waals surface area contributed by atoms with E-state index in [1.54, 1.807) is 37.3 Å². The van der Waals surface area contributed by atoms with Crippen LogP contribution in [-0.2, 0) is 6.54 Å². The highest BCUT2D eigenvalue weighted by Crippen LogP contribution is 2.07. The van der Waals surface area contributed by atoms with Gasteiger partial charge in [-0.3, -0.25) is 9.89 Å². The van der Waals surface area contributed by atoms with Crippen molar-refractivity contribution in [1.82, 2.24) is 20.3 Å². The van der Waals surface area contributed by atoms with Crippen LogP contribution >= 0.6 is 0 Å². The molecule has 6 nitrogen and oxygen atoms in total. The number of rotatable bonds is 3. The van der Waals surface area contributed by atoms with Crippen molar-refractivity contribution in [3.8, 4) is 0 Å². The van der Waals surface area contributed by atoms with E-state index < -0.39 is 0 Å². The van der Waals surface area contributed by atoms with Gasteiger partial charge in [0.15, 0.2) is 5.69 Å². The molecule has 16 heavy (non-hydrogen) atoms. The summed E-state index contributed by atoms with van der Waals surface area (Å²) in [5, 5.41) is 10.2. The molecule has 0 spiro atoms. The van der Waals surface area contributed by atoms with Crippen molar-refractivity contribution in [3.63, 3.8) is 0 Å². The molecule has 0 unspecified atom stereocenters. The summed E-state index contributed by atoms with van der Waals surface area (Å²) in [6.45, 7) is 2.24. The van der Waals surface area contributed by atoms with E-state index in [1.165, 1.54) is 0 Å². The first-order valence-corrected chi connectivity index (χ1v) is 4.83. The van der Waals surface area contributed by atoms with Crippen molar-refractivity contribution >= 4 is 5.91 Å². The van der Waals surface area contributed by atoms with Gasteiger partial charge in [-0.1, -0.05) is 5.16 Å². The number of carbonyl (C=O) groups excluding carboxylic acids is 1. The van der Waals surface area contributed by atoms with Crippen LogP contribution in [0.2, 0.25) is 0 Å². The van der Waals surface area contributed by atoms with Crippen LogP contribution < -0.4 is 0 Å². The molecule has 0 radical (unpaired) electrons. The number of nitrogens with one attached hydrogen (secondary N) is 1. The number of hydrogen-bond acceptors (Lipinski definition) is 4. The number of amides is 1. The molecule has 0 atom stereocenters. The van der Waals surface area contributed by atoms with E-state index in [0.717, 1.165) is 5.56 Å². The topological polar surface area (TPSA) is 75.0 Å². The summed E-state index contributed by atoms with van der Waals surface area (Å²) in [6, 6.07) is 1.62. The molecule has 2 aromatic heterocycles.